The number of terminal acetylenes is 1. The largest absolute Gasteiger partial charge is 0.415 e. The molecule has 4 heteroatoms. The maximum absolute atomic E-state index is 11.4. The van der Waals surface area contributed by atoms with E-state index in [0.717, 1.165) is 0 Å². The van der Waals surface area contributed by atoms with E-state index < -0.39 is 6.09 Å². The lowest BCUT2D eigenvalue weighted by molar-refractivity contribution is 0.168. The molecule has 0 fully saturated rings. The van der Waals surface area contributed by atoms with Crippen molar-refractivity contribution in [2.24, 2.45) is 0 Å². The van der Waals surface area contributed by atoms with Crippen LogP contribution in [0.25, 0.3) is 0 Å². The first kappa shape index (κ1) is 11.4. The van der Waals surface area contributed by atoms with E-state index in [9.17, 15) is 4.79 Å². The summed E-state index contributed by atoms with van der Waals surface area (Å²) >= 11 is 5.81. The second-order valence-corrected chi connectivity index (χ2v) is 3.27. The first-order valence-electron chi connectivity index (χ1n) is 4.26. The SMILES string of the molecule is C#CCN(C)C(=O)Oc1ccccc1Cl. The van der Waals surface area contributed by atoms with Crippen molar-refractivity contribution < 1.29 is 9.53 Å². The number of amides is 1. The molecule has 0 aromatic heterocycles. The summed E-state index contributed by atoms with van der Waals surface area (Å²) in [5.41, 5.74) is 0. The normalized spacial score (nSPS) is 9.13. The highest BCUT2D eigenvalue weighted by atomic mass is 35.5. The Balaban J connectivity index is 2.67. The molecule has 1 amide bonds. The van der Waals surface area contributed by atoms with Gasteiger partial charge in [-0.05, 0) is 12.1 Å². The van der Waals surface area contributed by atoms with Gasteiger partial charge in [0.1, 0.15) is 0 Å². The Morgan fingerprint density at radius 2 is 2.27 bits per heavy atom. The molecule has 0 bridgehead atoms. The van der Waals surface area contributed by atoms with Crippen LogP contribution in [0.1, 0.15) is 0 Å². The van der Waals surface area contributed by atoms with Crippen molar-refractivity contribution >= 4 is 17.7 Å². The molecule has 0 aliphatic carbocycles. The molecule has 1 aromatic rings. The average molecular weight is 224 g/mol. The van der Waals surface area contributed by atoms with Crippen LogP contribution in [0.4, 0.5) is 4.79 Å². The maximum Gasteiger partial charge on any atom is 0.415 e. The van der Waals surface area contributed by atoms with Gasteiger partial charge in [-0.2, -0.15) is 0 Å². The molecule has 0 aliphatic rings. The third kappa shape index (κ3) is 3.19. The van der Waals surface area contributed by atoms with Gasteiger partial charge in [-0.15, -0.1) is 6.42 Å². The maximum atomic E-state index is 11.4. The Morgan fingerprint density at radius 1 is 1.60 bits per heavy atom. The van der Waals surface area contributed by atoms with Crippen LogP contribution in [0.2, 0.25) is 5.02 Å². The predicted molar refractivity (Wildman–Crippen MR) is 58.9 cm³/mol. The quantitative estimate of drug-likeness (QED) is 0.721. The highest BCUT2D eigenvalue weighted by molar-refractivity contribution is 6.32. The molecule has 1 aromatic carbocycles. The number of ether oxygens (including phenoxy) is 1. The number of para-hydroxylation sites is 1. The minimum atomic E-state index is -0.527. The summed E-state index contributed by atoms with van der Waals surface area (Å²) in [6.45, 7) is 0.198. The van der Waals surface area contributed by atoms with Gasteiger partial charge in [0.15, 0.2) is 5.75 Å². The Morgan fingerprint density at radius 3 is 2.87 bits per heavy atom. The lowest BCUT2D eigenvalue weighted by atomic mass is 10.3. The van der Waals surface area contributed by atoms with Gasteiger partial charge in [0.05, 0.1) is 11.6 Å². The average Bonchev–Trinajstić information content (AvgIpc) is 2.21. The molecular weight excluding hydrogens is 214 g/mol. The first-order valence-corrected chi connectivity index (χ1v) is 4.64. The van der Waals surface area contributed by atoms with Gasteiger partial charge in [-0.25, -0.2) is 4.79 Å². The molecule has 0 saturated carbocycles. The molecule has 0 spiro atoms. The van der Waals surface area contributed by atoms with E-state index in [1.807, 2.05) is 0 Å². The summed E-state index contributed by atoms with van der Waals surface area (Å²) in [7, 11) is 1.55. The van der Waals surface area contributed by atoms with Gasteiger partial charge in [0, 0.05) is 7.05 Å². The molecule has 0 heterocycles. The Hall–Kier alpha value is -1.66. The minimum absolute atomic E-state index is 0.198. The second-order valence-electron chi connectivity index (χ2n) is 2.86. The van der Waals surface area contributed by atoms with Crippen LogP contribution < -0.4 is 4.74 Å². The van der Waals surface area contributed by atoms with Crippen molar-refractivity contribution in [2.75, 3.05) is 13.6 Å². The fraction of sp³-hybridized carbons (Fsp3) is 0.182. The zero-order chi connectivity index (χ0) is 11.3. The molecular formula is C11H10ClNO2. The highest BCUT2D eigenvalue weighted by Gasteiger charge is 2.11. The van der Waals surface area contributed by atoms with Gasteiger partial charge in [-0.3, -0.25) is 4.90 Å². The molecule has 0 atom stereocenters. The number of hydrogen-bond acceptors (Lipinski definition) is 2. The van der Waals surface area contributed by atoms with Crippen molar-refractivity contribution in [3.8, 4) is 18.1 Å². The van der Waals surface area contributed by atoms with Crippen LogP contribution in [0.5, 0.6) is 5.75 Å². The fourth-order valence-electron chi connectivity index (χ4n) is 0.901. The molecule has 0 N–H and O–H groups in total. The Bertz CT molecular complexity index is 398. The number of rotatable bonds is 2. The van der Waals surface area contributed by atoms with Crippen molar-refractivity contribution in [2.45, 2.75) is 0 Å². The van der Waals surface area contributed by atoms with E-state index in [2.05, 4.69) is 5.92 Å². The monoisotopic (exact) mass is 223 g/mol. The van der Waals surface area contributed by atoms with Gasteiger partial charge >= 0.3 is 6.09 Å². The lowest BCUT2D eigenvalue weighted by Crippen LogP contribution is -2.29. The smallest absolute Gasteiger partial charge is 0.409 e. The molecule has 0 radical (unpaired) electrons. The summed E-state index contributed by atoms with van der Waals surface area (Å²) in [5.74, 6) is 2.67. The van der Waals surface area contributed by atoms with Crippen LogP contribution >= 0.6 is 11.6 Å². The Kier molecular flexibility index (Phi) is 4.02. The van der Waals surface area contributed by atoms with Crippen LogP contribution in [0.3, 0.4) is 0 Å². The number of carbonyl (C=O) groups excluding carboxylic acids is 1. The topological polar surface area (TPSA) is 29.5 Å². The van der Waals surface area contributed by atoms with Crippen molar-refractivity contribution in [1.82, 2.24) is 4.90 Å². The number of nitrogens with zero attached hydrogens (tertiary/aromatic N) is 1. The van der Waals surface area contributed by atoms with Crippen LogP contribution in [-0.4, -0.2) is 24.6 Å². The summed E-state index contributed by atoms with van der Waals surface area (Å²) in [4.78, 5) is 12.7. The fourth-order valence-corrected chi connectivity index (χ4v) is 1.08. The van der Waals surface area contributed by atoms with E-state index in [1.165, 1.54) is 4.90 Å². The van der Waals surface area contributed by atoms with Crippen molar-refractivity contribution in [3.63, 3.8) is 0 Å². The number of hydrogen-bond donors (Lipinski definition) is 0. The number of halogens is 1. The molecule has 0 aliphatic heterocycles. The summed E-state index contributed by atoms with van der Waals surface area (Å²) in [6, 6.07) is 6.75. The lowest BCUT2D eigenvalue weighted by Gasteiger charge is -2.13. The third-order valence-electron chi connectivity index (χ3n) is 1.67. The second kappa shape index (κ2) is 5.28. The molecule has 1 rings (SSSR count). The summed E-state index contributed by atoms with van der Waals surface area (Å²) < 4.78 is 5.02. The zero-order valence-corrected chi connectivity index (χ0v) is 8.99. The molecule has 0 saturated heterocycles. The number of carbonyl (C=O) groups is 1. The molecule has 15 heavy (non-hydrogen) atoms. The summed E-state index contributed by atoms with van der Waals surface area (Å²) in [5, 5.41) is 0.389. The van der Waals surface area contributed by atoms with Gasteiger partial charge in [-0.1, -0.05) is 29.7 Å². The van der Waals surface area contributed by atoms with E-state index in [4.69, 9.17) is 22.8 Å². The van der Waals surface area contributed by atoms with E-state index in [-0.39, 0.29) is 6.54 Å². The molecule has 78 valence electrons. The molecule has 3 nitrogen and oxygen atoms in total. The van der Waals surface area contributed by atoms with E-state index in [1.54, 1.807) is 31.3 Å². The first-order chi connectivity index (χ1) is 7.15. The van der Waals surface area contributed by atoms with Crippen molar-refractivity contribution in [1.29, 1.82) is 0 Å². The van der Waals surface area contributed by atoms with Gasteiger partial charge in [0.2, 0.25) is 0 Å². The van der Waals surface area contributed by atoms with Crippen LogP contribution in [0.15, 0.2) is 24.3 Å². The van der Waals surface area contributed by atoms with E-state index >= 15 is 0 Å². The van der Waals surface area contributed by atoms with Gasteiger partial charge in [0.25, 0.3) is 0 Å². The van der Waals surface area contributed by atoms with Crippen molar-refractivity contribution in [3.05, 3.63) is 29.3 Å². The zero-order valence-electron chi connectivity index (χ0n) is 8.24. The predicted octanol–water partition coefficient (Wildman–Crippen LogP) is 2.40. The van der Waals surface area contributed by atoms with Crippen LogP contribution in [0, 0.1) is 12.3 Å². The third-order valence-corrected chi connectivity index (χ3v) is 1.99. The van der Waals surface area contributed by atoms with Gasteiger partial charge < -0.3 is 4.74 Å². The van der Waals surface area contributed by atoms with Crippen LogP contribution in [-0.2, 0) is 0 Å². The number of benzene rings is 1. The highest BCUT2D eigenvalue weighted by Crippen LogP contribution is 2.23. The van der Waals surface area contributed by atoms with E-state index in [0.29, 0.717) is 10.8 Å². The summed E-state index contributed by atoms with van der Waals surface area (Å²) in [6.07, 6.45) is 4.54. The molecule has 0 unspecified atom stereocenters. The minimum Gasteiger partial charge on any atom is -0.409 e. The standard InChI is InChI=1S/C11H10ClNO2/c1-3-8-13(2)11(14)15-10-7-5-4-6-9(10)12/h1,4-7H,8H2,2H3. The Labute approximate surface area is 93.6 Å².